The molecule has 172 valence electrons. The van der Waals surface area contributed by atoms with Gasteiger partial charge in [0.2, 0.25) is 0 Å². The van der Waals surface area contributed by atoms with Crippen LogP contribution in [0.2, 0.25) is 0 Å². The molecule has 0 atom stereocenters. The molecule has 2 saturated heterocycles. The summed E-state index contributed by atoms with van der Waals surface area (Å²) in [7, 11) is 0. The molecule has 4 heteroatoms. The molecular weight excluding hydrogens is 382 g/mol. The van der Waals surface area contributed by atoms with E-state index in [-0.39, 0.29) is 0 Å². The standard InChI is InChI=1S/C27H43N3O/c1-4-24(31)21-28-16-18-30(19-17-28)26-9-8-23(29-14-6-5-7-15-29)20-25(26)22-10-12-27(2,3)13-11-22/h8-9,20,22H,4-7,10-19,21H2,1-3H3. The number of anilines is 2. The summed E-state index contributed by atoms with van der Waals surface area (Å²) in [6.45, 7) is 13.9. The molecule has 1 aromatic rings. The molecule has 0 spiro atoms. The molecule has 0 amide bonds. The highest BCUT2D eigenvalue weighted by Crippen LogP contribution is 2.45. The maximum atomic E-state index is 11.9. The Labute approximate surface area is 190 Å². The Morgan fingerprint density at radius 2 is 1.61 bits per heavy atom. The molecule has 0 aromatic heterocycles. The molecule has 2 aliphatic heterocycles. The van der Waals surface area contributed by atoms with Gasteiger partial charge < -0.3 is 9.80 Å². The maximum Gasteiger partial charge on any atom is 0.146 e. The molecule has 0 N–H and O–H groups in total. The van der Waals surface area contributed by atoms with Crippen LogP contribution < -0.4 is 9.80 Å². The van der Waals surface area contributed by atoms with Crippen LogP contribution in [0.5, 0.6) is 0 Å². The lowest BCUT2D eigenvalue weighted by Crippen LogP contribution is -2.48. The van der Waals surface area contributed by atoms with Gasteiger partial charge in [0.25, 0.3) is 0 Å². The molecule has 1 aliphatic carbocycles. The van der Waals surface area contributed by atoms with Crippen molar-refractivity contribution in [3.8, 4) is 0 Å². The average Bonchev–Trinajstić information content (AvgIpc) is 2.80. The van der Waals surface area contributed by atoms with Gasteiger partial charge in [-0.25, -0.2) is 0 Å². The third-order valence-electron chi connectivity index (χ3n) is 8.02. The molecule has 31 heavy (non-hydrogen) atoms. The number of carbonyl (C=O) groups excluding carboxylic acids is 1. The maximum absolute atomic E-state index is 11.9. The molecule has 3 aliphatic rings. The van der Waals surface area contributed by atoms with Gasteiger partial charge in [-0.05, 0) is 80.0 Å². The van der Waals surface area contributed by atoms with Gasteiger partial charge in [-0.15, -0.1) is 0 Å². The molecule has 1 aromatic carbocycles. The third kappa shape index (κ3) is 5.63. The molecule has 2 heterocycles. The highest BCUT2D eigenvalue weighted by Gasteiger charge is 2.31. The second-order valence-electron chi connectivity index (χ2n) is 10.9. The first kappa shape index (κ1) is 22.6. The number of ketones is 1. The van der Waals surface area contributed by atoms with Crippen LogP contribution in [0.15, 0.2) is 18.2 Å². The van der Waals surface area contributed by atoms with Crippen molar-refractivity contribution in [2.75, 3.05) is 55.6 Å². The third-order valence-corrected chi connectivity index (χ3v) is 8.02. The Kier molecular flexibility index (Phi) is 7.26. The Hall–Kier alpha value is -1.55. The minimum absolute atomic E-state index is 0.366. The number of carbonyl (C=O) groups is 1. The number of piperazine rings is 1. The molecule has 3 fully saturated rings. The summed E-state index contributed by atoms with van der Waals surface area (Å²) in [5.74, 6) is 1.05. The molecule has 4 nitrogen and oxygen atoms in total. The molecule has 0 bridgehead atoms. The Morgan fingerprint density at radius 3 is 2.26 bits per heavy atom. The Balaban J connectivity index is 1.53. The van der Waals surface area contributed by atoms with E-state index in [1.54, 1.807) is 5.56 Å². The van der Waals surface area contributed by atoms with Crippen molar-refractivity contribution in [1.29, 1.82) is 0 Å². The Bertz CT molecular complexity index is 735. The van der Waals surface area contributed by atoms with Gasteiger partial charge in [-0.2, -0.15) is 0 Å². The summed E-state index contributed by atoms with van der Waals surface area (Å²) in [5.41, 5.74) is 5.00. The summed E-state index contributed by atoms with van der Waals surface area (Å²) in [5, 5.41) is 0. The topological polar surface area (TPSA) is 26.8 Å². The summed E-state index contributed by atoms with van der Waals surface area (Å²) in [6.07, 6.45) is 9.98. The first-order valence-electron chi connectivity index (χ1n) is 12.8. The van der Waals surface area contributed by atoms with Gasteiger partial charge in [0, 0.05) is 57.1 Å². The summed E-state index contributed by atoms with van der Waals surface area (Å²) < 4.78 is 0. The fourth-order valence-electron chi connectivity index (χ4n) is 5.72. The van der Waals surface area contributed by atoms with Crippen molar-refractivity contribution in [1.82, 2.24) is 4.90 Å². The summed E-state index contributed by atoms with van der Waals surface area (Å²) in [4.78, 5) is 19.4. The van der Waals surface area contributed by atoms with Crippen LogP contribution in [0.4, 0.5) is 11.4 Å². The van der Waals surface area contributed by atoms with E-state index in [1.165, 1.54) is 69.4 Å². The van der Waals surface area contributed by atoms with Crippen molar-refractivity contribution in [2.45, 2.75) is 78.1 Å². The number of rotatable bonds is 6. The monoisotopic (exact) mass is 425 g/mol. The van der Waals surface area contributed by atoms with Crippen molar-refractivity contribution < 1.29 is 4.79 Å². The fraction of sp³-hybridized carbons (Fsp3) is 0.741. The minimum atomic E-state index is 0.366. The van der Waals surface area contributed by atoms with Gasteiger partial charge in [-0.3, -0.25) is 9.69 Å². The van der Waals surface area contributed by atoms with E-state index in [2.05, 4.69) is 46.7 Å². The SMILES string of the molecule is CCC(=O)CN1CCN(c2ccc(N3CCCCC3)cc2C2CCC(C)(C)CC2)CC1. The normalized spacial score (nSPS) is 23.2. The van der Waals surface area contributed by atoms with E-state index < -0.39 is 0 Å². The minimum Gasteiger partial charge on any atom is -0.372 e. The Morgan fingerprint density at radius 1 is 0.935 bits per heavy atom. The number of Topliss-reactive ketones (excluding diaryl/α,β-unsaturated/α-hetero) is 1. The molecule has 0 radical (unpaired) electrons. The smallest absolute Gasteiger partial charge is 0.146 e. The van der Waals surface area contributed by atoms with E-state index in [9.17, 15) is 4.79 Å². The summed E-state index contributed by atoms with van der Waals surface area (Å²) >= 11 is 0. The number of hydrogen-bond donors (Lipinski definition) is 0. The number of nitrogens with zero attached hydrogens (tertiary/aromatic N) is 3. The molecule has 0 unspecified atom stereocenters. The van der Waals surface area contributed by atoms with Crippen LogP contribution >= 0.6 is 0 Å². The van der Waals surface area contributed by atoms with Crippen LogP contribution in [0, 0.1) is 5.41 Å². The second kappa shape index (κ2) is 9.94. The van der Waals surface area contributed by atoms with Crippen LogP contribution in [-0.4, -0.2) is 56.5 Å². The van der Waals surface area contributed by atoms with E-state index in [0.717, 1.165) is 26.2 Å². The lowest BCUT2D eigenvalue weighted by Gasteiger charge is -2.40. The van der Waals surface area contributed by atoms with Gasteiger partial charge in [0.15, 0.2) is 0 Å². The number of benzene rings is 1. The molecule has 4 rings (SSSR count). The fourth-order valence-corrected chi connectivity index (χ4v) is 5.72. The van der Waals surface area contributed by atoms with Crippen LogP contribution in [-0.2, 0) is 4.79 Å². The van der Waals surface area contributed by atoms with E-state index in [4.69, 9.17) is 0 Å². The highest BCUT2D eigenvalue weighted by atomic mass is 16.1. The van der Waals surface area contributed by atoms with Crippen LogP contribution in [0.1, 0.15) is 83.6 Å². The molecular formula is C27H43N3O. The van der Waals surface area contributed by atoms with Crippen molar-refractivity contribution in [3.05, 3.63) is 23.8 Å². The molecule has 1 saturated carbocycles. The first-order valence-corrected chi connectivity index (χ1v) is 12.8. The van der Waals surface area contributed by atoms with Crippen molar-refractivity contribution in [3.63, 3.8) is 0 Å². The zero-order valence-electron chi connectivity index (χ0n) is 20.2. The lowest BCUT2D eigenvalue weighted by molar-refractivity contribution is -0.119. The lowest BCUT2D eigenvalue weighted by atomic mass is 9.71. The van der Waals surface area contributed by atoms with Crippen LogP contribution in [0.25, 0.3) is 0 Å². The number of hydrogen-bond acceptors (Lipinski definition) is 4. The average molecular weight is 426 g/mol. The quantitative estimate of drug-likeness (QED) is 0.604. The zero-order chi connectivity index (χ0) is 21.8. The van der Waals surface area contributed by atoms with Gasteiger partial charge in [-0.1, -0.05) is 20.8 Å². The zero-order valence-corrected chi connectivity index (χ0v) is 20.2. The van der Waals surface area contributed by atoms with Crippen LogP contribution in [0.3, 0.4) is 0 Å². The largest absolute Gasteiger partial charge is 0.372 e. The van der Waals surface area contributed by atoms with E-state index >= 15 is 0 Å². The van der Waals surface area contributed by atoms with E-state index in [0.29, 0.717) is 30.1 Å². The number of piperidine rings is 1. The second-order valence-corrected chi connectivity index (χ2v) is 10.9. The van der Waals surface area contributed by atoms with E-state index in [1.807, 2.05) is 6.92 Å². The highest BCUT2D eigenvalue weighted by molar-refractivity contribution is 5.80. The predicted molar refractivity (Wildman–Crippen MR) is 131 cm³/mol. The van der Waals surface area contributed by atoms with Crippen molar-refractivity contribution >= 4 is 17.2 Å². The van der Waals surface area contributed by atoms with Gasteiger partial charge >= 0.3 is 0 Å². The van der Waals surface area contributed by atoms with Gasteiger partial charge in [0.1, 0.15) is 5.78 Å². The van der Waals surface area contributed by atoms with Gasteiger partial charge in [0.05, 0.1) is 6.54 Å². The first-order chi connectivity index (χ1) is 14.9. The predicted octanol–water partition coefficient (Wildman–Crippen LogP) is 5.46. The summed E-state index contributed by atoms with van der Waals surface area (Å²) in [6, 6.07) is 7.35. The van der Waals surface area contributed by atoms with Crippen molar-refractivity contribution in [2.24, 2.45) is 5.41 Å².